The van der Waals surface area contributed by atoms with Gasteiger partial charge in [0.2, 0.25) is 5.91 Å². The Labute approximate surface area is 207 Å². The Bertz CT molecular complexity index is 1040. The van der Waals surface area contributed by atoms with E-state index in [-0.39, 0.29) is 23.3 Å². The average molecular weight is 474 g/mol. The molecule has 184 valence electrons. The summed E-state index contributed by atoms with van der Waals surface area (Å²) >= 11 is 0. The number of carbonyl (C=O) groups excluding carboxylic acids is 3. The van der Waals surface area contributed by atoms with Gasteiger partial charge in [-0.1, -0.05) is 68.1 Å². The molecule has 1 saturated heterocycles. The lowest BCUT2D eigenvalue weighted by atomic mass is 9.79. The van der Waals surface area contributed by atoms with E-state index in [4.69, 9.17) is 0 Å². The molecule has 2 aliphatic heterocycles. The number of carbonyl (C=O) groups is 3. The summed E-state index contributed by atoms with van der Waals surface area (Å²) in [5, 5.41) is 3.23. The third-order valence-corrected chi connectivity index (χ3v) is 8.11. The second kappa shape index (κ2) is 10.3. The molecule has 35 heavy (non-hydrogen) atoms. The number of fused-ring (bicyclic) bond motifs is 1. The van der Waals surface area contributed by atoms with Crippen molar-refractivity contribution in [2.24, 2.45) is 0 Å². The molecule has 3 aliphatic rings. The van der Waals surface area contributed by atoms with Crippen molar-refractivity contribution in [2.75, 3.05) is 19.6 Å². The zero-order chi connectivity index (χ0) is 24.3. The van der Waals surface area contributed by atoms with Crippen LogP contribution >= 0.6 is 0 Å². The summed E-state index contributed by atoms with van der Waals surface area (Å²) in [7, 11) is 0. The van der Waals surface area contributed by atoms with Crippen LogP contribution in [0.15, 0.2) is 54.6 Å². The van der Waals surface area contributed by atoms with Gasteiger partial charge in [0, 0.05) is 18.5 Å². The Morgan fingerprint density at radius 3 is 2.00 bits per heavy atom. The van der Waals surface area contributed by atoms with Gasteiger partial charge in [-0.05, 0) is 56.5 Å². The summed E-state index contributed by atoms with van der Waals surface area (Å²) in [6.45, 7) is 2.74. The van der Waals surface area contributed by atoms with Gasteiger partial charge in [-0.15, -0.1) is 0 Å². The highest BCUT2D eigenvalue weighted by molar-refractivity contribution is 6.22. The van der Waals surface area contributed by atoms with Crippen molar-refractivity contribution in [3.63, 3.8) is 0 Å². The summed E-state index contributed by atoms with van der Waals surface area (Å²) in [4.78, 5) is 44.1. The molecule has 0 bridgehead atoms. The molecule has 1 saturated carbocycles. The zero-order valence-corrected chi connectivity index (χ0v) is 20.4. The maximum Gasteiger partial charge on any atom is 0.262 e. The lowest BCUT2D eigenvalue weighted by molar-refractivity contribution is -0.126. The van der Waals surface area contributed by atoms with Crippen molar-refractivity contribution in [1.29, 1.82) is 0 Å². The highest BCUT2D eigenvalue weighted by Crippen LogP contribution is 2.35. The fraction of sp³-hybridized carbons (Fsp3) is 0.483. The van der Waals surface area contributed by atoms with Crippen LogP contribution in [0.5, 0.6) is 0 Å². The smallest absolute Gasteiger partial charge is 0.262 e. The Kier molecular flexibility index (Phi) is 7.00. The van der Waals surface area contributed by atoms with Crippen molar-refractivity contribution in [3.8, 4) is 0 Å². The first-order valence-corrected chi connectivity index (χ1v) is 13.1. The number of piperidine rings is 1. The first-order valence-electron chi connectivity index (χ1n) is 13.1. The second-order valence-corrected chi connectivity index (χ2v) is 10.3. The van der Waals surface area contributed by atoms with Gasteiger partial charge in [-0.3, -0.25) is 24.2 Å². The first-order chi connectivity index (χ1) is 17.1. The molecule has 1 aliphatic carbocycles. The van der Waals surface area contributed by atoms with Crippen LogP contribution in [0.4, 0.5) is 0 Å². The average Bonchev–Trinajstić information content (AvgIpc) is 3.17. The van der Waals surface area contributed by atoms with Crippen molar-refractivity contribution in [1.82, 2.24) is 15.1 Å². The number of likely N-dealkylation sites (tertiary alicyclic amines) is 1. The van der Waals surface area contributed by atoms with Crippen molar-refractivity contribution >= 4 is 17.7 Å². The van der Waals surface area contributed by atoms with Gasteiger partial charge < -0.3 is 5.32 Å². The highest BCUT2D eigenvalue weighted by Gasteiger charge is 2.44. The molecule has 0 radical (unpaired) electrons. The van der Waals surface area contributed by atoms with Gasteiger partial charge in [-0.2, -0.15) is 0 Å². The molecule has 2 heterocycles. The van der Waals surface area contributed by atoms with Crippen LogP contribution in [0.25, 0.3) is 0 Å². The minimum Gasteiger partial charge on any atom is -0.352 e. The molecule has 3 amide bonds. The number of nitrogens with one attached hydrogen (secondary N) is 1. The minimum absolute atomic E-state index is 0.0202. The first kappa shape index (κ1) is 23.7. The SMILES string of the molecule is O=C(NCC1(N2CCCCC2)CCCCC1)[C@H](Cc1ccccc1)N1C(=O)c2ccccc2C1=O. The predicted octanol–water partition coefficient (Wildman–Crippen LogP) is 4.20. The number of hydrogen-bond acceptors (Lipinski definition) is 4. The number of rotatable bonds is 7. The summed E-state index contributed by atoms with van der Waals surface area (Å²) in [5.41, 5.74) is 1.65. The number of hydrogen-bond donors (Lipinski definition) is 1. The third kappa shape index (κ3) is 4.76. The molecule has 0 unspecified atom stereocenters. The van der Waals surface area contributed by atoms with Gasteiger partial charge in [0.25, 0.3) is 11.8 Å². The lowest BCUT2D eigenvalue weighted by Gasteiger charge is -2.48. The van der Waals surface area contributed by atoms with E-state index in [1.54, 1.807) is 24.3 Å². The van der Waals surface area contributed by atoms with E-state index in [9.17, 15) is 14.4 Å². The van der Waals surface area contributed by atoms with E-state index < -0.39 is 6.04 Å². The molecule has 0 spiro atoms. The monoisotopic (exact) mass is 473 g/mol. The van der Waals surface area contributed by atoms with Crippen molar-refractivity contribution in [3.05, 3.63) is 71.3 Å². The van der Waals surface area contributed by atoms with Crippen LogP contribution in [0.1, 0.15) is 77.6 Å². The topological polar surface area (TPSA) is 69.7 Å². The number of amides is 3. The van der Waals surface area contributed by atoms with Gasteiger partial charge in [-0.25, -0.2) is 0 Å². The summed E-state index contributed by atoms with van der Waals surface area (Å²) in [6, 6.07) is 15.6. The Morgan fingerprint density at radius 1 is 0.800 bits per heavy atom. The molecular weight excluding hydrogens is 438 g/mol. The molecule has 6 heteroatoms. The molecule has 0 aromatic heterocycles. The molecule has 1 N–H and O–H groups in total. The molecule has 6 nitrogen and oxygen atoms in total. The second-order valence-electron chi connectivity index (χ2n) is 10.3. The van der Waals surface area contributed by atoms with Crippen molar-refractivity contribution in [2.45, 2.75) is 69.4 Å². The van der Waals surface area contributed by atoms with E-state index in [1.165, 1.54) is 43.4 Å². The fourth-order valence-electron chi connectivity index (χ4n) is 6.18. The van der Waals surface area contributed by atoms with E-state index in [0.29, 0.717) is 24.1 Å². The van der Waals surface area contributed by atoms with Crippen LogP contribution in [-0.4, -0.2) is 58.7 Å². The molecule has 2 aromatic rings. The molecule has 2 fully saturated rings. The van der Waals surface area contributed by atoms with Gasteiger partial charge >= 0.3 is 0 Å². The zero-order valence-electron chi connectivity index (χ0n) is 20.4. The van der Waals surface area contributed by atoms with Gasteiger partial charge in [0.05, 0.1) is 11.1 Å². The van der Waals surface area contributed by atoms with E-state index in [0.717, 1.165) is 31.5 Å². The van der Waals surface area contributed by atoms with Crippen LogP contribution in [-0.2, 0) is 11.2 Å². The van der Waals surface area contributed by atoms with Crippen LogP contribution in [0.3, 0.4) is 0 Å². The van der Waals surface area contributed by atoms with Crippen LogP contribution in [0.2, 0.25) is 0 Å². The lowest BCUT2D eigenvalue weighted by Crippen LogP contribution is -2.60. The maximum absolute atomic E-state index is 13.8. The quantitative estimate of drug-likeness (QED) is 0.612. The van der Waals surface area contributed by atoms with E-state index >= 15 is 0 Å². The molecule has 1 atom stereocenters. The van der Waals surface area contributed by atoms with E-state index in [2.05, 4.69) is 10.2 Å². The highest BCUT2D eigenvalue weighted by atomic mass is 16.2. The van der Waals surface area contributed by atoms with Crippen LogP contribution in [0, 0.1) is 0 Å². The fourth-order valence-corrected chi connectivity index (χ4v) is 6.18. The number of imide groups is 1. The standard InChI is InChI=1S/C29H35N3O3/c33-26(30-21-29(16-8-2-9-17-29)31-18-10-3-11-19-31)25(20-22-12-4-1-5-13-22)32-27(34)23-14-6-7-15-24(23)28(32)35/h1,4-7,12-15,25H,2-3,8-11,16-21H2,(H,30,33)/t25-/m0/s1. The normalized spacial score (nSPS) is 21.0. The van der Waals surface area contributed by atoms with Crippen molar-refractivity contribution < 1.29 is 14.4 Å². The third-order valence-electron chi connectivity index (χ3n) is 8.11. The minimum atomic E-state index is -0.883. The Balaban J connectivity index is 1.39. The Hall–Kier alpha value is -2.99. The number of benzene rings is 2. The summed E-state index contributed by atoms with van der Waals surface area (Å²) < 4.78 is 0. The summed E-state index contributed by atoms with van der Waals surface area (Å²) in [5.74, 6) is -1.01. The predicted molar refractivity (Wildman–Crippen MR) is 135 cm³/mol. The Morgan fingerprint density at radius 2 is 1.37 bits per heavy atom. The van der Waals surface area contributed by atoms with Gasteiger partial charge in [0.15, 0.2) is 0 Å². The van der Waals surface area contributed by atoms with Gasteiger partial charge in [0.1, 0.15) is 6.04 Å². The molecule has 2 aromatic carbocycles. The largest absolute Gasteiger partial charge is 0.352 e. The molecule has 5 rings (SSSR count). The number of nitrogens with zero attached hydrogens (tertiary/aromatic N) is 2. The van der Waals surface area contributed by atoms with E-state index in [1.807, 2.05) is 30.3 Å². The maximum atomic E-state index is 13.8. The molecular formula is C29H35N3O3. The summed E-state index contributed by atoms with van der Waals surface area (Å²) in [6.07, 6.45) is 9.77. The van der Waals surface area contributed by atoms with Crippen LogP contribution < -0.4 is 5.32 Å².